The Morgan fingerprint density at radius 2 is 1.40 bits per heavy atom. The molecule has 1 aliphatic rings. The fraction of sp³-hybridized carbons (Fsp3) is 0.381. The summed E-state index contributed by atoms with van der Waals surface area (Å²) in [6.07, 6.45) is -8.54. The van der Waals surface area contributed by atoms with Gasteiger partial charge in [0.05, 0.1) is 11.1 Å². The maximum atomic E-state index is 12.8. The van der Waals surface area contributed by atoms with Gasteiger partial charge in [0.25, 0.3) is 0 Å². The third-order valence-electron chi connectivity index (χ3n) is 5.24. The molecule has 0 bridgehead atoms. The molecular formula is C21H19F6NO2. The van der Waals surface area contributed by atoms with Gasteiger partial charge in [0.2, 0.25) is 0 Å². The van der Waals surface area contributed by atoms with E-state index in [-0.39, 0.29) is 24.9 Å². The first-order valence-corrected chi connectivity index (χ1v) is 9.22. The summed E-state index contributed by atoms with van der Waals surface area (Å²) in [7, 11) is 0. The van der Waals surface area contributed by atoms with Crippen LogP contribution in [0.1, 0.15) is 41.1 Å². The molecule has 2 aromatic rings. The zero-order chi connectivity index (χ0) is 22.1. The lowest BCUT2D eigenvalue weighted by Crippen LogP contribution is -2.24. The number of carbonyl (C=O) groups is 1. The van der Waals surface area contributed by atoms with Crippen LogP contribution in [0.25, 0.3) is 0 Å². The Balaban J connectivity index is 1.81. The summed E-state index contributed by atoms with van der Waals surface area (Å²) >= 11 is 0. The molecule has 0 aromatic heterocycles. The Labute approximate surface area is 168 Å². The average molecular weight is 431 g/mol. The zero-order valence-corrected chi connectivity index (χ0v) is 15.7. The highest BCUT2D eigenvalue weighted by atomic mass is 19.4. The van der Waals surface area contributed by atoms with E-state index < -0.39 is 29.4 Å². The lowest BCUT2D eigenvalue weighted by atomic mass is 9.97. The fourth-order valence-corrected chi connectivity index (χ4v) is 3.84. The van der Waals surface area contributed by atoms with Crippen LogP contribution >= 0.6 is 0 Å². The normalized spacial score (nSPS) is 20.5. The lowest BCUT2D eigenvalue weighted by Gasteiger charge is -2.25. The van der Waals surface area contributed by atoms with Gasteiger partial charge in [-0.1, -0.05) is 24.3 Å². The first-order valence-electron chi connectivity index (χ1n) is 9.22. The van der Waals surface area contributed by atoms with E-state index in [0.29, 0.717) is 24.1 Å². The molecule has 30 heavy (non-hydrogen) atoms. The van der Waals surface area contributed by atoms with Crippen molar-refractivity contribution in [3.63, 3.8) is 0 Å². The van der Waals surface area contributed by atoms with Gasteiger partial charge in [-0.05, 0) is 47.7 Å². The van der Waals surface area contributed by atoms with Crippen molar-refractivity contribution in [2.24, 2.45) is 5.92 Å². The quantitative estimate of drug-likeness (QED) is 0.612. The summed E-state index contributed by atoms with van der Waals surface area (Å²) in [5.74, 6) is -1.17. The number of carboxylic acid groups (broad SMARTS) is 1. The molecule has 1 heterocycles. The van der Waals surface area contributed by atoms with Crippen LogP contribution in [0.15, 0.2) is 48.5 Å². The number of nitrogens with zero attached hydrogens (tertiary/aromatic N) is 1. The highest BCUT2D eigenvalue weighted by Gasteiger charge is 2.36. The van der Waals surface area contributed by atoms with Crippen LogP contribution < -0.4 is 0 Å². The Bertz CT molecular complexity index is 874. The van der Waals surface area contributed by atoms with Gasteiger partial charge in [-0.2, -0.15) is 26.3 Å². The van der Waals surface area contributed by atoms with E-state index >= 15 is 0 Å². The fourth-order valence-electron chi connectivity index (χ4n) is 3.84. The molecule has 0 saturated carbocycles. The SMILES string of the molecule is O=C(O)CC1CC(c2ccc(C(F)(F)F)cc2)N(Cc2ccc(C(F)(F)F)cc2)C1. The number of hydrogen-bond donors (Lipinski definition) is 1. The minimum Gasteiger partial charge on any atom is -0.481 e. The summed E-state index contributed by atoms with van der Waals surface area (Å²) in [4.78, 5) is 13.0. The molecule has 2 atom stereocenters. The zero-order valence-electron chi connectivity index (χ0n) is 15.7. The molecule has 3 nitrogen and oxygen atoms in total. The topological polar surface area (TPSA) is 40.5 Å². The van der Waals surface area contributed by atoms with Crippen molar-refractivity contribution in [3.05, 3.63) is 70.8 Å². The van der Waals surface area contributed by atoms with E-state index in [9.17, 15) is 31.1 Å². The van der Waals surface area contributed by atoms with Gasteiger partial charge in [-0.3, -0.25) is 9.69 Å². The molecule has 2 aromatic carbocycles. The van der Waals surface area contributed by atoms with Crippen LogP contribution in [0, 0.1) is 5.92 Å². The van der Waals surface area contributed by atoms with Gasteiger partial charge >= 0.3 is 18.3 Å². The Morgan fingerprint density at radius 1 is 0.900 bits per heavy atom. The highest BCUT2D eigenvalue weighted by molar-refractivity contribution is 5.67. The first kappa shape index (κ1) is 22.1. The van der Waals surface area contributed by atoms with E-state index in [2.05, 4.69) is 0 Å². The Hall–Kier alpha value is -2.55. The molecular weight excluding hydrogens is 412 g/mol. The Kier molecular flexibility index (Phi) is 6.12. The van der Waals surface area contributed by atoms with Gasteiger partial charge in [0.15, 0.2) is 0 Å². The molecule has 1 saturated heterocycles. The van der Waals surface area contributed by atoms with Crippen LogP contribution in [0.2, 0.25) is 0 Å². The summed E-state index contributed by atoms with van der Waals surface area (Å²) in [6.45, 7) is 0.652. The van der Waals surface area contributed by atoms with Gasteiger partial charge in [-0.25, -0.2) is 0 Å². The summed E-state index contributed by atoms with van der Waals surface area (Å²) in [5.41, 5.74) is -0.324. The molecule has 0 radical (unpaired) electrons. The van der Waals surface area contributed by atoms with Crippen LogP contribution in [0.4, 0.5) is 26.3 Å². The van der Waals surface area contributed by atoms with Crippen molar-refractivity contribution in [2.75, 3.05) is 6.54 Å². The van der Waals surface area contributed by atoms with E-state index in [0.717, 1.165) is 24.3 Å². The summed E-state index contributed by atoms with van der Waals surface area (Å²) < 4.78 is 76.7. The van der Waals surface area contributed by atoms with Crippen LogP contribution in [0.5, 0.6) is 0 Å². The number of alkyl halides is 6. The molecule has 1 aliphatic heterocycles. The number of benzene rings is 2. The van der Waals surface area contributed by atoms with Crippen molar-refractivity contribution in [1.29, 1.82) is 0 Å². The molecule has 0 aliphatic carbocycles. The third kappa shape index (κ3) is 5.33. The second-order valence-electron chi connectivity index (χ2n) is 7.46. The number of hydrogen-bond acceptors (Lipinski definition) is 2. The molecule has 162 valence electrons. The standard InChI is InChI=1S/C21H19F6NO2/c22-20(23,24)16-5-1-13(2-6-16)11-28-12-14(10-19(29)30)9-18(28)15-3-7-17(8-4-15)21(25,26)27/h1-8,14,18H,9-12H2,(H,29,30). The molecule has 1 N–H and O–H groups in total. The number of halogens is 6. The van der Waals surface area contributed by atoms with Crippen LogP contribution in [-0.2, 0) is 23.7 Å². The van der Waals surface area contributed by atoms with E-state index in [1.54, 1.807) is 0 Å². The number of carboxylic acids is 1. The maximum absolute atomic E-state index is 12.8. The molecule has 1 fully saturated rings. The van der Waals surface area contributed by atoms with Gasteiger partial charge in [-0.15, -0.1) is 0 Å². The number of rotatable bonds is 5. The van der Waals surface area contributed by atoms with Crippen LogP contribution in [0.3, 0.4) is 0 Å². The van der Waals surface area contributed by atoms with Crippen molar-refractivity contribution >= 4 is 5.97 Å². The highest BCUT2D eigenvalue weighted by Crippen LogP contribution is 2.39. The molecule has 3 rings (SSSR count). The van der Waals surface area contributed by atoms with E-state index in [1.807, 2.05) is 4.90 Å². The van der Waals surface area contributed by atoms with Gasteiger partial charge < -0.3 is 5.11 Å². The largest absolute Gasteiger partial charge is 0.481 e. The number of likely N-dealkylation sites (tertiary alicyclic amines) is 1. The summed E-state index contributed by atoms with van der Waals surface area (Å²) in [5, 5.41) is 9.09. The van der Waals surface area contributed by atoms with Crippen molar-refractivity contribution in [2.45, 2.75) is 37.8 Å². The lowest BCUT2D eigenvalue weighted by molar-refractivity contribution is -0.138. The van der Waals surface area contributed by atoms with Crippen molar-refractivity contribution < 1.29 is 36.2 Å². The molecule has 9 heteroatoms. The number of aliphatic carboxylic acids is 1. The van der Waals surface area contributed by atoms with Gasteiger partial charge in [0.1, 0.15) is 0 Å². The minimum absolute atomic E-state index is 0.0827. The van der Waals surface area contributed by atoms with Gasteiger partial charge in [0, 0.05) is 25.6 Å². The second kappa shape index (κ2) is 8.29. The van der Waals surface area contributed by atoms with Crippen LogP contribution in [-0.4, -0.2) is 22.5 Å². The predicted molar refractivity (Wildman–Crippen MR) is 96.4 cm³/mol. The minimum atomic E-state index is -4.46. The van der Waals surface area contributed by atoms with E-state index in [1.165, 1.54) is 24.3 Å². The maximum Gasteiger partial charge on any atom is 0.416 e. The first-order chi connectivity index (χ1) is 13.9. The summed E-state index contributed by atoms with van der Waals surface area (Å²) in [6, 6.07) is 9.06. The van der Waals surface area contributed by atoms with Crippen molar-refractivity contribution in [1.82, 2.24) is 4.90 Å². The smallest absolute Gasteiger partial charge is 0.416 e. The average Bonchev–Trinajstić information content (AvgIpc) is 3.02. The van der Waals surface area contributed by atoms with Crippen molar-refractivity contribution in [3.8, 4) is 0 Å². The monoisotopic (exact) mass is 431 g/mol. The molecule has 0 amide bonds. The molecule has 2 unspecified atom stereocenters. The predicted octanol–water partition coefficient (Wildman–Crippen LogP) is 5.76. The second-order valence-corrected chi connectivity index (χ2v) is 7.46. The van der Waals surface area contributed by atoms with E-state index in [4.69, 9.17) is 5.11 Å². The third-order valence-corrected chi connectivity index (χ3v) is 5.24. The molecule has 0 spiro atoms. The Morgan fingerprint density at radius 3 is 1.87 bits per heavy atom.